The maximum Gasteiger partial charge on any atom is 0.234 e. The summed E-state index contributed by atoms with van der Waals surface area (Å²) >= 11 is 0. The molecule has 0 aliphatic carbocycles. The lowest BCUT2D eigenvalue weighted by atomic mass is 10.1. The van der Waals surface area contributed by atoms with Crippen LogP contribution in [0.5, 0.6) is 5.75 Å². The Labute approximate surface area is 114 Å². The van der Waals surface area contributed by atoms with Gasteiger partial charge in [0.15, 0.2) is 0 Å². The second-order valence-corrected chi connectivity index (χ2v) is 4.48. The lowest BCUT2D eigenvalue weighted by Crippen LogP contribution is -2.34. The summed E-state index contributed by atoms with van der Waals surface area (Å²) in [4.78, 5) is 13.4. The van der Waals surface area contributed by atoms with Crippen molar-refractivity contribution in [2.45, 2.75) is 20.0 Å². The summed E-state index contributed by atoms with van der Waals surface area (Å²) in [6.07, 6.45) is 0. The van der Waals surface area contributed by atoms with E-state index in [2.05, 4.69) is 5.32 Å². The minimum absolute atomic E-state index is 0.0394. The zero-order valence-corrected chi connectivity index (χ0v) is 11.9. The Bertz CT molecular complexity index is 421. The van der Waals surface area contributed by atoms with Gasteiger partial charge >= 0.3 is 0 Å². The number of carbonyl (C=O) groups excluding carboxylic acids is 1. The SMILES string of the molecule is CCNC(=O)CN(C)Cc1ccc(OC)c(CN)c1. The second-order valence-electron chi connectivity index (χ2n) is 4.48. The number of amides is 1. The molecule has 1 amide bonds. The predicted octanol–water partition coefficient (Wildman–Crippen LogP) is 0.722. The largest absolute Gasteiger partial charge is 0.496 e. The molecule has 0 spiro atoms. The Kier molecular flexibility index (Phi) is 6.32. The second kappa shape index (κ2) is 7.76. The van der Waals surface area contributed by atoms with Crippen molar-refractivity contribution in [1.82, 2.24) is 10.2 Å². The number of likely N-dealkylation sites (N-methyl/N-ethyl adjacent to an activating group) is 2. The van der Waals surface area contributed by atoms with Gasteiger partial charge in [-0.2, -0.15) is 0 Å². The molecule has 0 saturated carbocycles. The molecule has 0 radical (unpaired) electrons. The third-order valence-corrected chi connectivity index (χ3v) is 2.80. The third kappa shape index (κ3) is 4.89. The average Bonchev–Trinajstić information content (AvgIpc) is 2.38. The van der Waals surface area contributed by atoms with E-state index >= 15 is 0 Å². The maximum atomic E-state index is 11.5. The Morgan fingerprint density at radius 3 is 2.79 bits per heavy atom. The number of hydrogen-bond donors (Lipinski definition) is 2. The molecule has 0 saturated heterocycles. The predicted molar refractivity (Wildman–Crippen MR) is 75.9 cm³/mol. The molecule has 0 unspecified atom stereocenters. The molecule has 0 heterocycles. The van der Waals surface area contributed by atoms with Crippen LogP contribution in [-0.4, -0.2) is 38.1 Å². The minimum atomic E-state index is 0.0394. The fourth-order valence-corrected chi connectivity index (χ4v) is 1.96. The summed E-state index contributed by atoms with van der Waals surface area (Å²) in [6, 6.07) is 5.93. The van der Waals surface area contributed by atoms with Gasteiger partial charge in [-0.05, 0) is 31.7 Å². The molecule has 1 aromatic rings. The monoisotopic (exact) mass is 265 g/mol. The third-order valence-electron chi connectivity index (χ3n) is 2.80. The molecular formula is C14H23N3O2. The first kappa shape index (κ1) is 15.5. The first-order valence-corrected chi connectivity index (χ1v) is 6.41. The normalized spacial score (nSPS) is 10.6. The molecule has 0 bridgehead atoms. The topological polar surface area (TPSA) is 67.6 Å². The van der Waals surface area contributed by atoms with Gasteiger partial charge < -0.3 is 15.8 Å². The van der Waals surface area contributed by atoms with Gasteiger partial charge in [0.2, 0.25) is 5.91 Å². The standard InChI is InChI=1S/C14H23N3O2/c1-4-16-14(18)10-17(2)9-11-5-6-13(19-3)12(7-11)8-15/h5-7H,4,8-10,15H2,1-3H3,(H,16,18). The number of nitrogens with one attached hydrogen (secondary N) is 1. The highest BCUT2D eigenvalue weighted by atomic mass is 16.5. The molecule has 3 N–H and O–H groups in total. The van der Waals surface area contributed by atoms with E-state index in [1.165, 1.54) is 0 Å². The van der Waals surface area contributed by atoms with Crippen LogP contribution in [0.4, 0.5) is 0 Å². The zero-order chi connectivity index (χ0) is 14.3. The van der Waals surface area contributed by atoms with Crippen molar-refractivity contribution in [1.29, 1.82) is 0 Å². The van der Waals surface area contributed by atoms with Crippen LogP contribution < -0.4 is 15.8 Å². The van der Waals surface area contributed by atoms with Gasteiger partial charge in [-0.25, -0.2) is 0 Å². The van der Waals surface area contributed by atoms with Gasteiger partial charge in [-0.15, -0.1) is 0 Å². The summed E-state index contributed by atoms with van der Waals surface area (Å²) in [6.45, 7) is 4.10. The Morgan fingerprint density at radius 1 is 1.47 bits per heavy atom. The van der Waals surface area contributed by atoms with E-state index in [1.54, 1.807) is 7.11 Å². The number of methoxy groups -OCH3 is 1. The van der Waals surface area contributed by atoms with Crippen molar-refractivity contribution >= 4 is 5.91 Å². The van der Waals surface area contributed by atoms with Gasteiger partial charge in [0.05, 0.1) is 13.7 Å². The highest BCUT2D eigenvalue weighted by Gasteiger charge is 2.08. The fourth-order valence-electron chi connectivity index (χ4n) is 1.96. The average molecular weight is 265 g/mol. The molecule has 19 heavy (non-hydrogen) atoms. The summed E-state index contributed by atoms with van der Waals surface area (Å²) in [5.74, 6) is 0.843. The smallest absolute Gasteiger partial charge is 0.234 e. The fraction of sp³-hybridized carbons (Fsp3) is 0.500. The van der Waals surface area contributed by atoms with Crippen LogP contribution in [0.15, 0.2) is 18.2 Å². The first-order chi connectivity index (χ1) is 9.10. The van der Waals surface area contributed by atoms with E-state index in [0.29, 0.717) is 26.2 Å². The van der Waals surface area contributed by atoms with E-state index in [4.69, 9.17) is 10.5 Å². The van der Waals surface area contributed by atoms with Gasteiger partial charge in [0.1, 0.15) is 5.75 Å². The Hall–Kier alpha value is -1.59. The van der Waals surface area contributed by atoms with E-state index in [9.17, 15) is 4.79 Å². The van der Waals surface area contributed by atoms with Gasteiger partial charge in [-0.3, -0.25) is 9.69 Å². The maximum absolute atomic E-state index is 11.5. The number of ether oxygens (including phenoxy) is 1. The molecule has 106 valence electrons. The first-order valence-electron chi connectivity index (χ1n) is 6.41. The van der Waals surface area contributed by atoms with Crippen LogP contribution in [0, 0.1) is 0 Å². The van der Waals surface area contributed by atoms with Crippen LogP contribution in [-0.2, 0) is 17.9 Å². The van der Waals surface area contributed by atoms with Crippen molar-refractivity contribution in [2.24, 2.45) is 5.73 Å². The van der Waals surface area contributed by atoms with E-state index < -0.39 is 0 Å². The molecular weight excluding hydrogens is 242 g/mol. The van der Waals surface area contributed by atoms with Crippen molar-refractivity contribution < 1.29 is 9.53 Å². The van der Waals surface area contributed by atoms with Crippen LogP contribution >= 0.6 is 0 Å². The molecule has 1 aromatic carbocycles. The van der Waals surface area contributed by atoms with Crippen molar-refractivity contribution in [3.63, 3.8) is 0 Å². The zero-order valence-electron chi connectivity index (χ0n) is 11.9. The molecule has 0 aliphatic rings. The van der Waals surface area contributed by atoms with Crippen LogP contribution in [0.1, 0.15) is 18.1 Å². The van der Waals surface area contributed by atoms with Gasteiger partial charge in [0.25, 0.3) is 0 Å². The number of hydrogen-bond acceptors (Lipinski definition) is 4. The van der Waals surface area contributed by atoms with Crippen LogP contribution in [0.3, 0.4) is 0 Å². The summed E-state index contributed by atoms with van der Waals surface area (Å²) in [5, 5.41) is 2.78. The van der Waals surface area contributed by atoms with E-state index in [-0.39, 0.29) is 5.91 Å². The van der Waals surface area contributed by atoms with Crippen molar-refractivity contribution in [3.05, 3.63) is 29.3 Å². The highest BCUT2D eigenvalue weighted by molar-refractivity contribution is 5.77. The van der Waals surface area contributed by atoms with Crippen LogP contribution in [0.2, 0.25) is 0 Å². The number of nitrogens with zero attached hydrogens (tertiary/aromatic N) is 1. The molecule has 5 heteroatoms. The molecule has 1 rings (SSSR count). The minimum Gasteiger partial charge on any atom is -0.496 e. The van der Waals surface area contributed by atoms with Crippen molar-refractivity contribution in [2.75, 3.05) is 27.2 Å². The van der Waals surface area contributed by atoms with Crippen LogP contribution in [0.25, 0.3) is 0 Å². The van der Waals surface area contributed by atoms with Crippen molar-refractivity contribution in [3.8, 4) is 5.75 Å². The lowest BCUT2D eigenvalue weighted by molar-refractivity contribution is -0.121. The highest BCUT2D eigenvalue weighted by Crippen LogP contribution is 2.19. The van der Waals surface area contributed by atoms with Gasteiger partial charge in [0, 0.05) is 25.2 Å². The summed E-state index contributed by atoms with van der Waals surface area (Å²) in [7, 11) is 3.55. The van der Waals surface area contributed by atoms with Gasteiger partial charge in [-0.1, -0.05) is 6.07 Å². The van der Waals surface area contributed by atoms with E-state index in [0.717, 1.165) is 16.9 Å². The number of carbonyl (C=O) groups is 1. The summed E-state index contributed by atoms with van der Waals surface area (Å²) in [5.41, 5.74) is 7.79. The number of rotatable bonds is 7. The number of nitrogens with two attached hydrogens (primary N) is 1. The van der Waals surface area contributed by atoms with E-state index in [1.807, 2.05) is 37.1 Å². The summed E-state index contributed by atoms with van der Waals surface area (Å²) < 4.78 is 5.23. The molecule has 0 atom stereocenters. The quantitative estimate of drug-likeness (QED) is 0.762. The molecule has 0 fully saturated rings. The lowest BCUT2D eigenvalue weighted by Gasteiger charge is -2.17. The Morgan fingerprint density at radius 2 is 2.21 bits per heavy atom. The molecule has 0 aromatic heterocycles. The molecule has 5 nitrogen and oxygen atoms in total. The Balaban J connectivity index is 2.64. The molecule has 0 aliphatic heterocycles. The number of benzene rings is 1.